The van der Waals surface area contributed by atoms with Crippen LogP contribution < -0.4 is 5.32 Å². The van der Waals surface area contributed by atoms with E-state index in [1.54, 1.807) is 11.3 Å². The van der Waals surface area contributed by atoms with Gasteiger partial charge in [-0.1, -0.05) is 48.9 Å². The third kappa shape index (κ3) is 4.77. The number of benzene rings is 1. The Bertz CT molecular complexity index is 581. The van der Waals surface area contributed by atoms with Crippen molar-refractivity contribution in [1.82, 2.24) is 15.5 Å². The molecule has 2 aromatic rings. The Balaban J connectivity index is 1.91. The average Bonchev–Trinajstić information content (AvgIpc) is 2.90. The number of nitrogens with one attached hydrogen (secondary N) is 1. The molecule has 5 heteroatoms. The van der Waals surface area contributed by atoms with Gasteiger partial charge < -0.3 is 5.32 Å². The molecular weight excluding hydrogens is 302 g/mol. The lowest BCUT2D eigenvalue weighted by atomic mass is 10.1. The van der Waals surface area contributed by atoms with Crippen molar-refractivity contribution >= 4 is 22.9 Å². The van der Waals surface area contributed by atoms with Crippen LogP contribution in [-0.4, -0.2) is 23.3 Å². The molecule has 1 N–H and O–H groups in total. The Morgan fingerprint density at radius 1 is 1.29 bits per heavy atom. The van der Waals surface area contributed by atoms with Gasteiger partial charge in [0.1, 0.15) is 10.0 Å². The summed E-state index contributed by atoms with van der Waals surface area (Å²) < 4.78 is 0. The fraction of sp³-hybridized carbons (Fsp3) is 0.500. The smallest absolute Gasteiger partial charge is 0.148 e. The van der Waals surface area contributed by atoms with Crippen LogP contribution in [0.15, 0.2) is 18.2 Å². The Morgan fingerprint density at radius 2 is 2.10 bits per heavy atom. The first-order chi connectivity index (χ1) is 10.1. The predicted octanol–water partition coefficient (Wildman–Crippen LogP) is 4.35. The molecule has 0 amide bonds. The summed E-state index contributed by atoms with van der Waals surface area (Å²) in [5.41, 5.74) is 2.16. The van der Waals surface area contributed by atoms with Crippen LogP contribution in [0, 0.1) is 12.8 Å². The van der Waals surface area contributed by atoms with Gasteiger partial charge in [0.15, 0.2) is 0 Å². The van der Waals surface area contributed by atoms with Gasteiger partial charge in [-0.25, -0.2) is 0 Å². The van der Waals surface area contributed by atoms with Crippen molar-refractivity contribution in [2.75, 3.05) is 13.1 Å². The molecule has 0 saturated heterocycles. The number of rotatable bonds is 7. The lowest BCUT2D eigenvalue weighted by Gasteiger charge is -2.05. The zero-order chi connectivity index (χ0) is 15.2. The second kappa shape index (κ2) is 7.87. The molecule has 0 unspecified atom stereocenters. The van der Waals surface area contributed by atoms with E-state index >= 15 is 0 Å². The molecule has 0 saturated carbocycles. The summed E-state index contributed by atoms with van der Waals surface area (Å²) in [4.78, 5) is 0. The molecule has 0 spiro atoms. The highest BCUT2D eigenvalue weighted by molar-refractivity contribution is 7.14. The van der Waals surface area contributed by atoms with Crippen molar-refractivity contribution in [3.63, 3.8) is 0 Å². The van der Waals surface area contributed by atoms with E-state index in [1.165, 1.54) is 0 Å². The van der Waals surface area contributed by atoms with Crippen molar-refractivity contribution in [1.29, 1.82) is 0 Å². The van der Waals surface area contributed by atoms with Crippen LogP contribution in [0.4, 0.5) is 0 Å². The Kier molecular flexibility index (Phi) is 6.15. The van der Waals surface area contributed by atoms with Gasteiger partial charge in [0.05, 0.1) is 0 Å². The minimum atomic E-state index is 0.698. The van der Waals surface area contributed by atoms with Crippen molar-refractivity contribution in [2.45, 2.75) is 33.6 Å². The molecule has 0 atom stereocenters. The van der Waals surface area contributed by atoms with Gasteiger partial charge in [-0.15, -0.1) is 10.2 Å². The Morgan fingerprint density at radius 3 is 2.86 bits per heavy atom. The molecule has 1 aromatic heterocycles. The third-order valence-corrected chi connectivity index (χ3v) is 4.69. The molecule has 0 aliphatic carbocycles. The fourth-order valence-electron chi connectivity index (χ4n) is 2.06. The molecule has 3 nitrogen and oxygen atoms in total. The number of aryl methyl sites for hydroxylation is 1. The first kappa shape index (κ1) is 16.4. The van der Waals surface area contributed by atoms with E-state index in [4.69, 9.17) is 11.6 Å². The van der Waals surface area contributed by atoms with Crippen LogP contribution >= 0.6 is 22.9 Å². The van der Waals surface area contributed by atoms with Gasteiger partial charge in [-0.3, -0.25) is 0 Å². The maximum absolute atomic E-state index is 6.16. The lowest BCUT2D eigenvalue weighted by molar-refractivity contribution is 0.542. The van der Waals surface area contributed by atoms with E-state index < -0.39 is 0 Å². The Labute approximate surface area is 135 Å². The largest absolute Gasteiger partial charge is 0.316 e. The summed E-state index contributed by atoms with van der Waals surface area (Å²) in [6, 6.07) is 5.92. The molecule has 1 heterocycles. The first-order valence-corrected chi connectivity index (χ1v) is 8.56. The van der Waals surface area contributed by atoms with Crippen LogP contribution in [0.5, 0.6) is 0 Å². The summed E-state index contributed by atoms with van der Waals surface area (Å²) in [5, 5.41) is 14.9. The van der Waals surface area contributed by atoms with Crippen molar-refractivity contribution in [3.8, 4) is 10.6 Å². The first-order valence-electron chi connectivity index (χ1n) is 7.36. The van der Waals surface area contributed by atoms with Crippen LogP contribution in [0.25, 0.3) is 10.6 Å². The molecule has 0 aliphatic heterocycles. The molecule has 0 aliphatic rings. The summed E-state index contributed by atoms with van der Waals surface area (Å²) in [6.45, 7) is 8.57. The zero-order valence-corrected chi connectivity index (χ0v) is 14.4. The van der Waals surface area contributed by atoms with Crippen LogP contribution in [0.1, 0.15) is 30.8 Å². The minimum Gasteiger partial charge on any atom is -0.316 e. The maximum atomic E-state index is 6.16. The lowest BCUT2D eigenvalue weighted by Crippen LogP contribution is -2.21. The van der Waals surface area contributed by atoms with E-state index in [2.05, 4.69) is 35.4 Å². The van der Waals surface area contributed by atoms with Crippen LogP contribution in [0.2, 0.25) is 5.02 Å². The number of halogens is 1. The molecule has 0 fully saturated rings. The number of aromatic nitrogens is 2. The second-order valence-corrected chi connectivity index (χ2v) is 7.08. The van der Waals surface area contributed by atoms with E-state index in [0.29, 0.717) is 5.92 Å². The van der Waals surface area contributed by atoms with Crippen molar-refractivity contribution in [2.24, 2.45) is 5.92 Å². The van der Waals surface area contributed by atoms with Gasteiger partial charge in [0.2, 0.25) is 0 Å². The molecular formula is C16H22ClN3S. The van der Waals surface area contributed by atoms with E-state index in [0.717, 1.165) is 52.1 Å². The summed E-state index contributed by atoms with van der Waals surface area (Å²) in [6.07, 6.45) is 2.07. The maximum Gasteiger partial charge on any atom is 0.148 e. The van der Waals surface area contributed by atoms with Gasteiger partial charge >= 0.3 is 0 Å². The van der Waals surface area contributed by atoms with E-state index in [1.807, 2.05) is 19.1 Å². The highest BCUT2D eigenvalue weighted by Crippen LogP contribution is 2.30. The van der Waals surface area contributed by atoms with E-state index in [-0.39, 0.29) is 0 Å². The van der Waals surface area contributed by atoms with Crippen molar-refractivity contribution in [3.05, 3.63) is 33.8 Å². The SMILES string of the molecule is Cc1c(Cl)cccc1-c1nnc(CCCNCC(C)C)s1. The quantitative estimate of drug-likeness (QED) is 0.770. The zero-order valence-electron chi connectivity index (χ0n) is 12.8. The van der Waals surface area contributed by atoms with Gasteiger partial charge in [-0.2, -0.15) is 0 Å². The molecule has 2 rings (SSSR count). The Hall–Kier alpha value is -0.970. The molecule has 1 aromatic carbocycles. The third-order valence-electron chi connectivity index (χ3n) is 3.26. The highest BCUT2D eigenvalue weighted by atomic mass is 35.5. The summed E-state index contributed by atoms with van der Waals surface area (Å²) in [7, 11) is 0. The summed E-state index contributed by atoms with van der Waals surface area (Å²) >= 11 is 7.83. The monoisotopic (exact) mass is 323 g/mol. The molecule has 0 bridgehead atoms. The fourth-order valence-corrected chi connectivity index (χ4v) is 3.20. The van der Waals surface area contributed by atoms with Crippen LogP contribution in [-0.2, 0) is 6.42 Å². The second-order valence-electron chi connectivity index (χ2n) is 5.61. The number of hydrogen-bond donors (Lipinski definition) is 1. The molecule has 114 valence electrons. The standard InChI is InChI=1S/C16H22ClN3S/c1-11(2)10-18-9-5-8-15-19-20-16(21-15)13-6-4-7-14(17)12(13)3/h4,6-7,11,18H,5,8-10H2,1-3H3. The predicted molar refractivity (Wildman–Crippen MR) is 91.1 cm³/mol. The van der Waals surface area contributed by atoms with E-state index in [9.17, 15) is 0 Å². The highest BCUT2D eigenvalue weighted by Gasteiger charge is 2.10. The van der Waals surface area contributed by atoms with Gasteiger partial charge in [0.25, 0.3) is 0 Å². The average molecular weight is 324 g/mol. The number of hydrogen-bond acceptors (Lipinski definition) is 4. The minimum absolute atomic E-state index is 0.698. The summed E-state index contributed by atoms with van der Waals surface area (Å²) in [5.74, 6) is 0.698. The van der Waals surface area contributed by atoms with Gasteiger partial charge in [0, 0.05) is 17.0 Å². The topological polar surface area (TPSA) is 37.8 Å². The molecule has 21 heavy (non-hydrogen) atoms. The van der Waals surface area contributed by atoms with Crippen molar-refractivity contribution < 1.29 is 0 Å². The normalized spacial score (nSPS) is 11.3. The van der Waals surface area contributed by atoms with Crippen LogP contribution in [0.3, 0.4) is 0 Å². The van der Waals surface area contributed by atoms with Gasteiger partial charge in [-0.05, 0) is 44.0 Å². The molecule has 0 radical (unpaired) electrons. The number of nitrogens with zero attached hydrogens (tertiary/aromatic N) is 2.